The first-order chi connectivity index (χ1) is 13.8. The van der Waals surface area contributed by atoms with E-state index in [4.69, 9.17) is 0 Å². The van der Waals surface area contributed by atoms with Gasteiger partial charge in [0, 0.05) is 13.2 Å². The lowest BCUT2D eigenvalue weighted by atomic mass is 10.1. The second-order valence-electron chi connectivity index (χ2n) is 7.31. The summed E-state index contributed by atoms with van der Waals surface area (Å²) >= 11 is 0. The number of fused-ring (bicyclic) bond motifs is 1. The van der Waals surface area contributed by atoms with Crippen LogP contribution in [0, 0.1) is 13.8 Å². The minimum absolute atomic E-state index is 0.372. The number of pyridine rings is 1. The molecule has 0 saturated carbocycles. The summed E-state index contributed by atoms with van der Waals surface area (Å²) in [7, 11) is 1.83. The van der Waals surface area contributed by atoms with Gasteiger partial charge in [-0.3, -0.25) is 9.67 Å². The van der Waals surface area contributed by atoms with Gasteiger partial charge in [0.2, 0.25) is 0 Å². The molecule has 0 N–H and O–H groups in total. The molecule has 1 saturated heterocycles. The minimum Gasteiger partial charge on any atom is -0.342 e. The summed E-state index contributed by atoms with van der Waals surface area (Å²) in [5, 5.41) is 8.66. The number of halogens is 2. The summed E-state index contributed by atoms with van der Waals surface area (Å²) in [5.41, 5.74) is 4.51. The highest BCUT2D eigenvalue weighted by Gasteiger charge is 2.45. The van der Waals surface area contributed by atoms with Crippen LogP contribution in [0.4, 0.5) is 14.6 Å². The summed E-state index contributed by atoms with van der Waals surface area (Å²) in [6, 6.07) is 3.90. The maximum absolute atomic E-state index is 13.5. The Kier molecular flexibility index (Phi) is 3.67. The van der Waals surface area contributed by atoms with Gasteiger partial charge in [0.15, 0.2) is 5.82 Å². The van der Waals surface area contributed by atoms with Gasteiger partial charge in [-0.05, 0) is 25.5 Å². The molecule has 0 aliphatic carbocycles. The number of imidazole rings is 1. The molecule has 8 nitrogen and oxygen atoms in total. The molecule has 0 atom stereocenters. The highest BCUT2D eigenvalue weighted by molar-refractivity contribution is 5.91. The van der Waals surface area contributed by atoms with Crippen molar-refractivity contribution < 1.29 is 8.78 Å². The molecule has 29 heavy (non-hydrogen) atoms. The fourth-order valence-electron chi connectivity index (χ4n) is 3.66. The number of nitrogens with zero attached hydrogens (tertiary/aromatic N) is 8. The Balaban J connectivity index is 1.72. The SMILES string of the molecule is Cc1ccc(-c2c(-c3nc(C)n4ncnc(N5CC(F)(F)C5)c34)cnn2C)nc1. The lowest BCUT2D eigenvalue weighted by Gasteiger charge is -2.39. The number of alkyl halides is 2. The number of hydrogen-bond donors (Lipinski definition) is 0. The fourth-order valence-corrected chi connectivity index (χ4v) is 3.66. The number of aryl methyl sites for hydroxylation is 3. The van der Waals surface area contributed by atoms with E-state index in [1.807, 2.05) is 33.0 Å². The molecular formula is C19H18F2N8. The van der Waals surface area contributed by atoms with Crippen molar-refractivity contribution in [1.29, 1.82) is 0 Å². The van der Waals surface area contributed by atoms with E-state index in [0.29, 0.717) is 22.9 Å². The van der Waals surface area contributed by atoms with E-state index in [1.54, 1.807) is 26.5 Å². The van der Waals surface area contributed by atoms with E-state index < -0.39 is 5.92 Å². The molecule has 1 fully saturated rings. The van der Waals surface area contributed by atoms with E-state index in [9.17, 15) is 8.78 Å². The van der Waals surface area contributed by atoms with E-state index >= 15 is 0 Å². The van der Waals surface area contributed by atoms with Gasteiger partial charge in [0.1, 0.15) is 23.4 Å². The first-order valence-electron chi connectivity index (χ1n) is 9.12. The van der Waals surface area contributed by atoms with Crippen LogP contribution in [-0.2, 0) is 7.05 Å². The van der Waals surface area contributed by atoms with Crippen molar-refractivity contribution in [2.24, 2.45) is 7.05 Å². The third-order valence-electron chi connectivity index (χ3n) is 5.07. The highest BCUT2D eigenvalue weighted by Crippen LogP contribution is 2.38. The summed E-state index contributed by atoms with van der Waals surface area (Å²) in [4.78, 5) is 15.0. The Hall–Kier alpha value is -3.43. The Morgan fingerprint density at radius 2 is 1.83 bits per heavy atom. The summed E-state index contributed by atoms with van der Waals surface area (Å²) in [5.74, 6) is -1.63. The van der Waals surface area contributed by atoms with Crippen LogP contribution in [0.25, 0.3) is 28.2 Å². The number of hydrogen-bond acceptors (Lipinski definition) is 6. The van der Waals surface area contributed by atoms with Crippen LogP contribution >= 0.6 is 0 Å². The molecule has 0 spiro atoms. The van der Waals surface area contributed by atoms with Crippen LogP contribution in [0.1, 0.15) is 11.4 Å². The van der Waals surface area contributed by atoms with Crippen molar-refractivity contribution in [3.8, 4) is 22.6 Å². The summed E-state index contributed by atoms with van der Waals surface area (Å²) < 4.78 is 30.4. The lowest BCUT2D eigenvalue weighted by molar-refractivity contribution is -0.0265. The Bertz CT molecular complexity index is 1220. The van der Waals surface area contributed by atoms with Crippen LogP contribution in [0.2, 0.25) is 0 Å². The Morgan fingerprint density at radius 3 is 2.52 bits per heavy atom. The monoisotopic (exact) mass is 396 g/mol. The standard InChI is InChI=1S/C19H18F2N8/c1-11-4-5-14(22-6-11)16-13(7-24-27(16)3)15-17-18(28-8-19(20,21)9-28)23-10-25-29(17)12(2)26-15/h4-7,10H,8-9H2,1-3H3. The molecule has 10 heteroatoms. The molecule has 148 valence electrons. The van der Waals surface area contributed by atoms with Crippen LogP contribution < -0.4 is 4.90 Å². The molecular weight excluding hydrogens is 378 g/mol. The van der Waals surface area contributed by atoms with E-state index in [2.05, 4.69) is 25.1 Å². The van der Waals surface area contributed by atoms with Crippen LogP contribution in [0.3, 0.4) is 0 Å². The Labute approximate surface area is 164 Å². The van der Waals surface area contributed by atoms with Crippen LogP contribution in [-0.4, -0.2) is 53.4 Å². The normalized spacial score (nSPS) is 15.7. The van der Waals surface area contributed by atoms with Crippen molar-refractivity contribution >= 4 is 11.3 Å². The summed E-state index contributed by atoms with van der Waals surface area (Å²) in [6.45, 7) is 3.04. The van der Waals surface area contributed by atoms with E-state index in [0.717, 1.165) is 22.5 Å². The van der Waals surface area contributed by atoms with Crippen LogP contribution in [0.5, 0.6) is 0 Å². The second kappa shape index (κ2) is 6.03. The smallest absolute Gasteiger partial charge is 0.282 e. The maximum atomic E-state index is 13.5. The third kappa shape index (κ3) is 2.74. The molecule has 1 aliphatic heterocycles. The van der Waals surface area contributed by atoms with Crippen molar-refractivity contribution in [1.82, 2.24) is 34.3 Å². The number of anilines is 1. The molecule has 0 aromatic carbocycles. The molecule has 5 heterocycles. The molecule has 0 bridgehead atoms. The first-order valence-corrected chi connectivity index (χ1v) is 9.12. The average molecular weight is 396 g/mol. The average Bonchev–Trinajstić information content (AvgIpc) is 3.21. The van der Waals surface area contributed by atoms with Crippen molar-refractivity contribution in [3.05, 3.63) is 42.2 Å². The number of rotatable bonds is 3. The van der Waals surface area contributed by atoms with Crippen LogP contribution in [0.15, 0.2) is 30.9 Å². The number of aromatic nitrogens is 7. The largest absolute Gasteiger partial charge is 0.342 e. The molecule has 0 radical (unpaired) electrons. The molecule has 1 aliphatic rings. The maximum Gasteiger partial charge on any atom is 0.282 e. The topological polar surface area (TPSA) is 77.0 Å². The van der Waals surface area contributed by atoms with Gasteiger partial charge in [-0.15, -0.1) is 0 Å². The van der Waals surface area contributed by atoms with Gasteiger partial charge < -0.3 is 4.90 Å². The van der Waals surface area contributed by atoms with Crippen molar-refractivity contribution in [3.63, 3.8) is 0 Å². The minimum atomic E-state index is -2.71. The summed E-state index contributed by atoms with van der Waals surface area (Å²) in [6.07, 6.45) is 4.86. The molecule has 0 unspecified atom stereocenters. The lowest BCUT2D eigenvalue weighted by Crippen LogP contribution is -2.56. The zero-order valence-electron chi connectivity index (χ0n) is 16.1. The fraction of sp³-hybridized carbons (Fsp3) is 0.316. The third-order valence-corrected chi connectivity index (χ3v) is 5.07. The molecule has 5 rings (SSSR count). The Morgan fingerprint density at radius 1 is 1.03 bits per heavy atom. The second-order valence-corrected chi connectivity index (χ2v) is 7.31. The van der Waals surface area contributed by atoms with Crippen molar-refractivity contribution in [2.45, 2.75) is 19.8 Å². The molecule has 0 amide bonds. The van der Waals surface area contributed by atoms with E-state index in [1.165, 1.54) is 6.33 Å². The van der Waals surface area contributed by atoms with Gasteiger partial charge in [-0.25, -0.2) is 23.3 Å². The van der Waals surface area contributed by atoms with Gasteiger partial charge in [-0.1, -0.05) is 6.07 Å². The van der Waals surface area contributed by atoms with Gasteiger partial charge in [0.25, 0.3) is 5.92 Å². The predicted molar refractivity (Wildman–Crippen MR) is 103 cm³/mol. The van der Waals surface area contributed by atoms with Gasteiger partial charge >= 0.3 is 0 Å². The molecule has 4 aromatic rings. The predicted octanol–water partition coefficient (Wildman–Crippen LogP) is 2.66. The van der Waals surface area contributed by atoms with E-state index in [-0.39, 0.29) is 13.1 Å². The zero-order valence-corrected chi connectivity index (χ0v) is 16.1. The zero-order chi connectivity index (χ0) is 20.3. The highest BCUT2D eigenvalue weighted by atomic mass is 19.3. The molecule has 4 aromatic heterocycles. The van der Waals surface area contributed by atoms with Crippen molar-refractivity contribution in [2.75, 3.05) is 18.0 Å². The quantitative estimate of drug-likeness (QED) is 0.530. The first kappa shape index (κ1) is 17.7. The van der Waals surface area contributed by atoms with Gasteiger partial charge in [-0.2, -0.15) is 10.2 Å². The van der Waals surface area contributed by atoms with Gasteiger partial charge in [0.05, 0.1) is 36.2 Å².